The zero-order valence-electron chi connectivity index (χ0n) is 17.6. The molecule has 1 aliphatic heterocycles. The summed E-state index contributed by atoms with van der Waals surface area (Å²) in [4.78, 5) is 41.3. The fraction of sp³-hybridized carbons (Fsp3) is 0.0870. The molecule has 0 saturated carbocycles. The summed E-state index contributed by atoms with van der Waals surface area (Å²) in [7, 11) is 1.42. The van der Waals surface area contributed by atoms with E-state index in [0.717, 1.165) is 21.8 Å². The van der Waals surface area contributed by atoms with Crippen molar-refractivity contribution in [1.29, 1.82) is 0 Å². The van der Waals surface area contributed by atoms with Gasteiger partial charge in [-0.15, -0.1) is 0 Å². The van der Waals surface area contributed by atoms with E-state index in [1.165, 1.54) is 30.3 Å². The first-order chi connectivity index (χ1) is 16.4. The van der Waals surface area contributed by atoms with Crippen LogP contribution in [0.2, 0.25) is 0 Å². The minimum atomic E-state index is -0.590. The Hall–Kier alpha value is -3.70. The molecule has 0 spiro atoms. The maximum Gasteiger partial charge on any atom is 0.331 e. The molecule has 1 fully saturated rings. The number of amides is 2. The van der Waals surface area contributed by atoms with E-state index in [4.69, 9.17) is 9.47 Å². The van der Waals surface area contributed by atoms with Gasteiger partial charge in [0.1, 0.15) is 0 Å². The monoisotopic (exact) mass is 541 g/mol. The van der Waals surface area contributed by atoms with Crippen LogP contribution in [0.3, 0.4) is 0 Å². The molecule has 0 bridgehead atoms. The van der Waals surface area contributed by atoms with Gasteiger partial charge in [0.2, 0.25) is 0 Å². The summed E-state index contributed by atoms with van der Waals surface area (Å²) >= 11 is 4.29. The van der Waals surface area contributed by atoms with Crippen molar-refractivity contribution in [3.8, 4) is 17.4 Å². The Morgan fingerprint density at radius 3 is 2.68 bits per heavy atom. The van der Waals surface area contributed by atoms with E-state index in [0.29, 0.717) is 5.56 Å². The summed E-state index contributed by atoms with van der Waals surface area (Å²) < 4.78 is 11.8. The summed E-state index contributed by atoms with van der Waals surface area (Å²) in [6.07, 6.45) is 2.97. The molecular weight excluding hydrogens is 526 g/mol. The third-order valence-electron chi connectivity index (χ3n) is 4.80. The van der Waals surface area contributed by atoms with Crippen LogP contribution >= 0.6 is 27.7 Å². The predicted molar refractivity (Wildman–Crippen MR) is 130 cm³/mol. The normalized spacial score (nSPS) is 14.5. The predicted octanol–water partition coefficient (Wildman–Crippen LogP) is 5.79. The van der Waals surface area contributed by atoms with Crippen LogP contribution in [0.25, 0.3) is 6.08 Å². The average molecular weight is 542 g/mol. The molecule has 0 radical (unpaired) electrons. The molecule has 1 aliphatic rings. The maximum absolute atomic E-state index is 12.9. The van der Waals surface area contributed by atoms with Crippen LogP contribution in [-0.2, 0) is 11.3 Å². The van der Waals surface area contributed by atoms with Gasteiger partial charge in [-0.3, -0.25) is 24.6 Å². The van der Waals surface area contributed by atoms with Crippen molar-refractivity contribution in [2.45, 2.75) is 6.54 Å². The van der Waals surface area contributed by atoms with Gasteiger partial charge in [0, 0.05) is 16.7 Å². The van der Waals surface area contributed by atoms with Crippen molar-refractivity contribution in [3.05, 3.63) is 91.4 Å². The zero-order chi connectivity index (χ0) is 24.2. The molecular formula is C23H16BrN3O6S. The minimum absolute atomic E-state index is 0.155. The number of halogens is 1. The van der Waals surface area contributed by atoms with E-state index in [2.05, 4.69) is 20.9 Å². The van der Waals surface area contributed by atoms with E-state index in [1.54, 1.807) is 24.3 Å². The first-order valence-electron chi connectivity index (χ1n) is 9.81. The first kappa shape index (κ1) is 23.5. The lowest BCUT2D eigenvalue weighted by Gasteiger charge is -2.13. The molecule has 0 atom stereocenters. The number of hydrogen-bond acceptors (Lipinski definition) is 8. The van der Waals surface area contributed by atoms with Gasteiger partial charge in [-0.2, -0.15) is 0 Å². The SMILES string of the molecule is COc1cc(/C=C2\SC(=O)N(Cc3ccccc3Br)C2=O)ccc1Oc1ncccc1[N+](=O)[O-]. The second kappa shape index (κ2) is 10.1. The third-order valence-corrected chi connectivity index (χ3v) is 6.48. The lowest BCUT2D eigenvalue weighted by atomic mass is 10.1. The lowest BCUT2D eigenvalue weighted by Crippen LogP contribution is -2.27. The molecule has 2 aromatic carbocycles. The van der Waals surface area contributed by atoms with Crippen molar-refractivity contribution in [2.75, 3.05) is 7.11 Å². The Morgan fingerprint density at radius 1 is 1.15 bits per heavy atom. The number of carbonyl (C=O) groups excluding carboxylic acids is 2. The Labute approximate surface area is 206 Å². The summed E-state index contributed by atoms with van der Waals surface area (Å²) in [5, 5.41) is 10.9. The van der Waals surface area contributed by atoms with Crippen molar-refractivity contribution >= 4 is 50.6 Å². The minimum Gasteiger partial charge on any atom is -0.493 e. The van der Waals surface area contributed by atoms with Gasteiger partial charge in [-0.05, 0) is 53.2 Å². The number of thioether (sulfide) groups is 1. The van der Waals surface area contributed by atoms with Crippen LogP contribution in [0.15, 0.2) is 70.2 Å². The largest absolute Gasteiger partial charge is 0.493 e. The molecule has 1 aromatic heterocycles. The van der Waals surface area contributed by atoms with Crippen LogP contribution in [0, 0.1) is 10.1 Å². The lowest BCUT2D eigenvalue weighted by molar-refractivity contribution is -0.386. The summed E-state index contributed by atoms with van der Waals surface area (Å²) in [5.74, 6) is -0.0782. The number of rotatable bonds is 7. The van der Waals surface area contributed by atoms with Gasteiger partial charge in [0.15, 0.2) is 11.5 Å². The van der Waals surface area contributed by atoms with E-state index < -0.39 is 10.8 Å². The standard InChI is InChI=1S/C23H16BrN3O6S/c1-32-19-11-14(8-9-18(19)33-21-17(27(30)31)7-4-10-25-21)12-20-22(28)26(23(29)34-20)13-15-5-2-3-6-16(15)24/h2-12H,13H2,1H3/b20-12-. The third kappa shape index (κ3) is 4.95. The highest BCUT2D eigenvalue weighted by Crippen LogP contribution is 2.38. The number of pyridine rings is 1. The Balaban J connectivity index is 1.57. The van der Waals surface area contributed by atoms with Crippen molar-refractivity contribution < 1.29 is 24.0 Å². The Bertz CT molecular complexity index is 1330. The number of benzene rings is 2. The number of carbonyl (C=O) groups is 2. The number of nitrogens with zero attached hydrogens (tertiary/aromatic N) is 3. The quantitative estimate of drug-likeness (QED) is 0.210. The summed E-state index contributed by atoms with van der Waals surface area (Å²) in [6, 6.07) is 14.9. The van der Waals surface area contributed by atoms with Crippen LogP contribution in [0.4, 0.5) is 10.5 Å². The highest BCUT2D eigenvalue weighted by atomic mass is 79.9. The number of ether oxygens (including phenoxy) is 2. The molecule has 0 N–H and O–H groups in total. The Kier molecular flexibility index (Phi) is 6.94. The second-order valence-corrected chi connectivity index (χ2v) is 8.80. The van der Waals surface area contributed by atoms with Gasteiger partial charge in [-0.25, -0.2) is 4.98 Å². The van der Waals surface area contributed by atoms with Crippen LogP contribution in [0.1, 0.15) is 11.1 Å². The molecule has 2 heterocycles. The number of methoxy groups -OCH3 is 1. The number of hydrogen-bond donors (Lipinski definition) is 0. The van der Waals surface area contributed by atoms with Gasteiger partial charge >= 0.3 is 5.69 Å². The van der Waals surface area contributed by atoms with Gasteiger partial charge in [0.25, 0.3) is 17.0 Å². The second-order valence-electron chi connectivity index (χ2n) is 6.96. The molecule has 172 valence electrons. The number of nitro groups is 1. The summed E-state index contributed by atoms with van der Waals surface area (Å²) in [6.45, 7) is 0.155. The van der Waals surface area contributed by atoms with Crippen LogP contribution in [0.5, 0.6) is 17.4 Å². The van der Waals surface area contributed by atoms with E-state index in [1.807, 2.05) is 24.3 Å². The van der Waals surface area contributed by atoms with Crippen molar-refractivity contribution in [1.82, 2.24) is 9.88 Å². The van der Waals surface area contributed by atoms with E-state index in [-0.39, 0.29) is 39.8 Å². The number of aromatic nitrogens is 1. The number of imide groups is 1. The van der Waals surface area contributed by atoms with Crippen LogP contribution < -0.4 is 9.47 Å². The highest BCUT2D eigenvalue weighted by Gasteiger charge is 2.35. The van der Waals surface area contributed by atoms with E-state index >= 15 is 0 Å². The van der Waals surface area contributed by atoms with Crippen molar-refractivity contribution in [3.63, 3.8) is 0 Å². The fourth-order valence-electron chi connectivity index (χ4n) is 3.15. The topological polar surface area (TPSA) is 112 Å². The van der Waals surface area contributed by atoms with Gasteiger partial charge in [0.05, 0.1) is 23.5 Å². The molecule has 9 nitrogen and oxygen atoms in total. The molecule has 34 heavy (non-hydrogen) atoms. The van der Waals surface area contributed by atoms with Gasteiger partial charge < -0.3 is 9.47 Å². The zero-order valence-corrected chi connectivity index (χ0v) is 20.0. The highest BCUT2D eigenvalue weighted by molar-refractivity contribution is 9.10. The molecule has 1 saturated heterocycles. The molecule has 2 amide bonds. The average Bonchev–Trinajstić information content (AvgIpc) is 3.08. The van der Waals surface area contributed by atoms with Crippen LogP contribution in [-0.4, -0.2) is 33.1 Å². The maximum atomic E-state index is 12.9. The molecule has 4 rings (SSSR count). The summed E-state index contributed by atoms with van der Waals surface area (Å²) in [5.41, 5.74) is 1.12. The van der Waals surface area contributed by atoms with Crippen molar-refractivity contribution in [2.24, 2.45) is 0 Å². The smallest absolute Gasteiger partial charge is 0.331 e. The molecule has 3 aromatic rings. The first-order valence-corrected chi connectivity index (χ1v) is 11.4. The molecule has 11 heteroatoms. The van der Waals surface area contributed by atoms with E-state index in [9.17, 15) is 19.7 Å². The molecule has 0 aliphatic carbocycles. The fourth-order valence-corrected chi connectivity index (χ4v) is 4.40. The van der Waals surface area contributed by atoms with Gasteiger partial charge in [-0.1, -0.05) is 40.2 Å². The Morgan fingerprint density at radius 2 is 1.94 bits per heavy atom. The molecule has 0 unspecified atom stereocenters.